The number of likely N-dealkylation sites (tertiary alicyclic amines) is 2. The maximum absolute atomic E-state index is 15.6. The molecule has 244 valence electrons. The monoisotopic (exact) mass is 629 g/mol. The SMILES string of the molecule is CC(C)c1ccc(-c2ccc(Oc3cc(C(=O)NC4CCN(C5CCOCC5)C(C)C4)c(F)cc3CN3CCCC3=O)cc2)nn1. The van der Waals surface area contributed by atoms with Gasteiger partial charge in [0, 0.05) is 68.5 Å². The van der Waals surface area contributed by atoms with E-state index in [-0.39, 0.29) is 24.1 Å². The molecule has 3 saturated heterocycles. The molecule has 3 aliphatic rings. The van der Waals surface area contributed by atoms with Crippen LogP contribution in [0.3, 0.4) is 0 Å². The van der Waals surface area contributed by atoms with Crippen LogP contribution in [0.5, 0.6) is 11.5 Å². The average molecular weight is 630 g/mol. The third-order valence-electron chi connectivity index (χ3n) is 9.50. The summed E-state index contributed by atoms with van der Waals surface area (Å²) in [6, 6.07) is 14.9. The van der Waals surface area contributed by atoms with E-state index < -0.39 is 11.7 Å². The van der Waals surface area contributed by atoms with Crippen LogP contribution in [0.25, 0.3) is 11.3 Å². The van der Waals surface area contributed by atoms with Crippen molar-refractivity contribution in [2.75, 3.05) is 26.3 Å². The second kappa shape index (κ2) is 14.3. The number of rotatable bonds is 9. The first-order valence-corrected chi connectivity index (χ1v) is 16.6. The zero-order valence-electron chi connectivity index (χ0n) is 27.0. The van der Waals surface area contributed by atoms with Gasteiger partial charge in [0.05, 0.1) is 17.0 Å². The van der Waals surface area contributed by atoms with Crippen molar-refractivity contribution < 1.29 is 23.5 Å². The van der Waals surface area contributed by atoms with Crippen LogP contribution < -0.4 is 10.1 Å². The average Bonchev–Trinajstić information content (AvgIpc) is 3.46. The van der Waals surface area contributed by atoms with E-state index in [0.717, 1.165) is 68.8 Å². The fraction of sp³-hybridized carbons (Fsp3) is 0.500. The zero-order chi connectivity index (χ0) is 32.2. The van der Waals surface area contributed by atoms with Crippen LogP contribution in [-0.2, 0) is 16.1 Å². The number of carbonyl (C=O) groups is 2. The molecular formula is C36H44FN5O4. The summed E-state index contributed by atoms with van der Waals surface area (Å²) in [7, 11) is 0. The van der Waals surface area contributed by atoms with E-state index in [1.165, 1.54) is 12.1 Å². The Kier molecular flexibility index (Phi) is 9.94. The van der Waals surface area contributed by atoms with Crippen LogP contribution in [0.4, 0.5) is 4.39 Å². The minimum Gasteiger partial charge on any atom is -0.457 e. The summed E-state index contributed by atoms with van der Waals surface area (Å²) in [5.74, 6) is 0.117. The molecule has 4 heterocycles. The second-order valence-electron chi connectivity index (χ2n) is 13.1. The Hall–Kier alpha value is -3.89. The Morgan fingerprint density at radius 3 is 2.50 bits per heavy atom. The summed E-state index contributed by atoms with van der Waals surface area (Å²) < 4.78 is 27.4. The summed E-state index contributed by atoms with van der Waals surface area (Å²) in [5.41, 5.74) is 3.01. The van der Waals surface area contributed by atoms with Crippen molar-refractivity contribution in [3.8, 4) is 22.8 Å². The highest BCUT2D eigenvalue weighted by molar-refractivity contribution is 5.95. The van der Waals surface area contributed by atoms with Crippen LogP contribution in [0.15, 0.2) is 48.5 Å². The van der Waals surface area contributed by atoms with Gasteiger partial charge in [0.2, 0.25) is 5.91 Å². The van der Waals surface area contributed by atoms with E-state index in [9.17, 15) is 9.59 Å². The molecule has 3 aromatic rings. The first-order chi connectivity index (χ1) is 22.2. The number of carbonyl (C=O) groups excluding carboxylic acids is 2. The van der Waals surface area contributed by atoms with Gasteiger partial charge in [0.1, 0.15) is 17.3 Å². The predicted molar refractivity (Wildman–Crippen MR) is 173 cm³/mol. The summed E-state index contributed by atoms with van der Waals surface area (Å²) in [4.78, 5) is 30.1. The van der Waals surface area contributed by atoms with Gasteiger partial charge in [-0.1, -0.05) is 13.8 Å². The van der Waals surface area contributed by atoms with E-state index in [1.54, 1.807) is 4.90 Å². The summed E-state index contributed by atoms with van der Waals surface area (Å²) in [5, 5.41) is 11.8. The van der Waals surface area contributed by atoms with Gasteiger partial charge >= 0.3 is 0 Å². The third kappa shape index (κ3) is 7.39. The zero-order valence-corrected chi connectivity index (χ0v) is 27.0. The van der Waals surface area contributed by atoms with Crippen molar-refractivity contribution >= 4 is 11.8 Å². The molecule has 46 heavy (non-hydrogen) atoms. The van der Waals surface area contributed by atoms with Gasteiger partial charge in [0.25, 0.3) is 5.91 Å². The van der Waals surface area contributed by atoms with E-state index >= 15 is 4.39 Å². The fourth-order valence-electron chi connectivity index (χ4n) is 6.83. The molecule has 3 fully saturated rings. The predicted octanol–water partition coefficient (Wildman–Crippen LogP) is 6.08. The first-order valence-electron chi connectivity index (χ1n) is 16.6. The summed E-state index contributed by atoms with van der Waals surface area (Å²) in [6.07, 6.45) is 4.93. The number of ether oxygens (including phenoxy) is 2. The number of halogens is 1. The van der Waals surface area contributed by atoms with E-state index in [2.05, 4.69) is 41.2 Å². The number of amides is 2. The lowest BCUT2D eigenvalue weighted by Gasteiger charge is -2.43. The van der Waals surface area contributed by atoms with Crippen LogP contribution in [0.1, 0.15) is 86.8 Å². The van der Waals surface area contributed by atoms with Crippen LogP contribution in [0, 0.1) is 5.82 Å². The minimum atomic E-state index is -0.627. The Labute approximate surface area is 270 Å². The van der Waals surface area contributed by atoms with Crippen molar-refractivity contribution in [1.29, 1.82) is 0 Å². The second-order valence-corrected chi connectivity index (χ2v) is 13.1. The van der Waals surface area contributed by atoms with Crippen LogP contribution in [0.2, 0.25) is 0 Å². The quantitative estimate of drug-likeness (QED) is 0.306. The smallest absolute Gasteiger partial charge is 0.254 e. The Morgan fingerprint density at radius 1 is 1.07 bits per heavy atom. The molecule has 2 unspecified atom stereocenters. The van der Waals surface area contributed by atoms with Gasteiger partial charge in [-0.3, -0.25) is 14.5 Å². The van der Waals surface area contributed by atoms with Gasteiger partial charge in [0.15, 0.2) is 0 Å². The number of nitrogens with zero attached hydrogens (tertiary/aromatic N) is 4. The van der Waals surface area contributed by atoms with Crippen molar-refractivity contribution in [2.24, 2.45) is 0 Å². The molecule has 2 amide bonds. The van der Waals surface area contributed by atoms with Crippen molar-refractivity contribution in [2.45, 2.75) is 89.9 Å². The van der Waals surface area contributed by atoms with Gasteiger partial charge in [-0.05, 0) is 93.5 Å². The minimum absolute atomic E-state index is 0.0309. The molecular weight excluding hydrogens is 585 g/mol. The molecule has 9 nitrogen and oxygen atoms in total. The van der Waals surface area contributed by atoms with E-state index in [4.69, 9.17) is 9.47 Å². The Balaban J connectivity index is 1.19. The first kappa shape index (κ1) is 32.1. The number of hydrogen-bond donors (Lipinski definition) is 1. The molecule has 3 aliphatic heterocycles. The standard InChI is InChI=1S/C36H44FN5O4/c1-23(2)32-10-11-33(40-39-32)25-6-8-29(9-7-25)46-34-21-30(31(37)20-26(34)22-41-15-4-5-35(41)43)36(44)38-27-12-16-42(24(3)19-27)28-13-17-45-18-14-28/h6-11,20-21,23-24,27-28H,4-5,12-19,22H2,1-3H3,(H,38,44). The molecule has 2 atom stereocenters. The van der Waals surface area contributed by atoms with Crippen molar-refractivity contribution in [3.05, 3.63) is 71.2 Å². The largest absolute Gasteiger partial charge is 0.457 e. The normalized spacial score (nSPS) is 21.2. The third-order valence-corrected chi connectivity index (χ3v) is 9.50. The molecule has 0 radical (unpaired) electrons. The summed E-state index contributed by atoms with van der Waals surface area (Å²) in [6.45, 7) is 9.66. The molecule has 10 heteroatoms. The molecule has 2 aromatic carbocycles. The topological polar surface area (TPSA) is 96.9 Å². The maximum atomic E-state index is 15.6. The number of hydrogen-bond acceptors (Lipinski definition) is 7. The highest BCUT2D eigenvalue weighted by Crippen LogP contribution is 2.32. The Bertz CT molecular complexity index is 1520. The maximum Gasteiger partial charge on any atom is 0.254 e. The lowest BCUT2D eigenvalue weighted by Crippen LogP contribution is -2.53. The Morgan fingerprint density at radius 2 is 1.85 bits per heavy atom. The number of aromatic nitrogens is 2. The molecule has 0 aliphatic carbocycles. The lowest BCUT2D eigenvalue weighted by molar-refractivity contribution is -0.128. The molecule has 6 rings (SSSR count). The van der Waals surface area contributed by atoms with Gasteiger partial charge in [-0.25, -0.2) is 4.39 Å². The number of nitrogens with one attached hydrogen (secondary N) is 1. The molecule has 1 N–H and O–H groups in total. The van der Waals surface area contributed by atoms with Gasteiger partial charge in [-0.2, -0.15) is 10.2 Å². The van der Waals surface area contributed by atoms with Crippen molar-refractivity contribution in [1.82, 2.24) is 25.3 Å². The van der Waals surface area contributed by atoms with Gasteiger partial charge < -0.3 is 19.7 Å². The lowest BCUT2D eigenvalue weighted by atomic mass is 9.94. The van der Waals surface area contributed by atoms with Crippen molar-refractivity contribution in [3.63, 3.8) is 0 Å². The molecule has 1 aromatic heterocycles. The molecule has 0 saturated carbocycles. The highest BCUT2D eigenvalue weighted by Gasteiger charge is 2.33. The molecule has 0 bridgehead atoms. The summed E-state index contributed by atoms with van der Waals surface area (Å²) >= 11 is 0. The van der Waals surface area contributed by atoms with Crippen LogP contribution >= 0.6 is 0 Å². The van der Waals surface area contributed by atoms with Gasteiger partial charge in [-0.15, -0.1) is 0 Å². The number of piperidine rings is 1. The fourth-order valence-corrected chi connectivity index (χ4v) is 6.83. The molecule has 0 spiro atoms. The van der Waals surface area contributed by atoms with E-state index in [0.29, 0.717) is 48.0 Å². The highest BCUT2D eigenvalue weighted by atomic mass is 19.1. The van der Waals surface area contributed by atoms with Crippen LogP contribution in [-0.4, -0.2) is 76.2 Å². The number of benzene rings is 2. The van der Waals surface area contributed by atoms with E-state index in [1.807, 2.05) is 36.4 Å².